The lowest BCUT2D eigenvalue weighted by atomic mass is 9.85. The second-order valence-electron chi connectivity index (χ2n) is 5.34. The molecule has 1 aliphatic heterocycles. The van der Waals surface area contributed by atoms with Crippen LogP contribution < -0.4 is 5.32 Å². The summed E-state index contributed by atoms with van der Waals surface area (Å²) >= 11 is 0. The lowest BCUT2D eigenvalue weighted by molar-refractivity contribution is -0.155. The van der Waals surface area contributed by atoms with Gasteiger partial charge in [-0.3, -0.25) is 9.59 Å². The monoisotopic (exact) mass is 286 g/mol. The zero-order valence-corrected chi connectivity index (χ0v) is 12.6. The van der Waals surface area contributed by atoms with Crippen molar-refractivity contribution in [3.8, 4) is 0 Å². The van der Waals surface area contributed by atoms with Gasteiger partial charge in [0.1, 0.15) is 11.6 Å². The van der Waals surface area contributed by atoms with Crippen molar-refractivity contribution < 1.29 is 9.59 Å². The van der Waals surface area contributed by atoms with Crippen molar-refractivity contribution in [2.24, 2.45) is 0 Å². The number of piperazine rings is 1. The van der Waals surface area contributed by atoms with Gasteiger partial charge in [-0.2, -0.15) is 0 Å². The van der Waals surface area contributed by atoms with Crippen molar-refractivity contribution in [3.63, 3.8) is 0 Å². The summed E-state index contributed by atoms with van der Waals surface area (Å²) in [6.07, 6.45) is 2.84. The molecule has 0 radical (unpaired) electrons. The first-order valence-corrected chi connectivity index (χ1v) is 7.38. The Bertz CT molecular complexity index is 535. The first-order chi connectivity index (χ1) is 10.1. The third-order valence-corrected chi connectivity index (χ3v) is 4.24. The highest BCUT2D eigenvalue weighted by Crippen LogP contribution is 2.32. The number of amides is 2. The van der Waals surface area contributed by atoms with E-state index in [0.717, 1.165) is 5.56 Å². The third kappa shape index (κ3) is 2.58. The van der Waals surface area contributed by atoms with Crippen molar-refractivity contribution in [1.82, 2.24) is 10.2 Å². The summed E-state index contributed by atoms with van der Waals surface area (Å²) < 4.78 is 0. The van der Waals surface area contributed by atoms with E-state index in [2.05, 4.69) is 11.9 Å². The molecule has 0 spiro atoms. The molecule has 0 saturated carbocycles. The van der Waals surface area contributed by atoms with Gasteiger partial charge in [0.05, 0.1) is 0 Å². The molecule has 1 aliphatic rings. The average Bonchev–Trinajstić information content (AvgIpc) is 2.52. The molecule has 4 nitrogen and oxygen atoms in total. The lowest BCUT2D eigenvalue weighted by Crippen LogP contribution is -2.67. The van der Waals surface area contributed by atoms with Gasteiger partial charge in [0.25, 0.3) is 0 Å². The van der Waals surface area contributed by atoms with E-state index in [1.165, 1.54) is 0 Å². The second-order valence-corrected chi connectivity index (χ2v) is 5.34. The average molecular weight is 286 g/mol. The summed E-state index contributed by atoms with van der Waals surface area (Å²) in [6, 6.07) is 8.81. The minimum atomic E-state index is -0.786. The smallest absolute Gasteiger partial charge is 0.249 e. The molecule has 2 rings (SSSR count). The van der Waals surface area contributed by atoms with Crippen LogP contribution in [0.5, 0.6) is 0 Å². The molecule has 1 heterocycles. The van der Waals surface area contributed by atoms with Crippen LogP contribution in [-0.4, -0.2) is 28.8 Å². The lowest BCUT2D eigenvalue weighted by Gasteiger charge is -2.45. The van der Waals surface area contributed by atoms with Gasteiger partial charge in [-0.25, -0.2) is 0 Å². The Hall–Kier alpha value is -2.10. The number of benzene rings is 1. The summed E-state index contributed by atoms with van der Waals surface area (Å²) in [7, 11) is 0. The second kappa shape index (κ2) is 6.12. The van der Waals surface area contributed by atoms with Crippen molar-refractivity contribution in [3.05, 3.63) is 48.6 Å². The first kappa shape index (κ1) is 15.3. The van der Waals surface area contributed by atoms with Crippen LogP contribution in [-0.2, 0) is 9.59 Å². The fourth-order valence-corrected chi connectivity index (χ4v) is 2.91. The van der Waals surface area contributed by atoms with Crippen LogP contribution in [0.25, 0.3) is 0 Å². The van der Waals surface area contributed by atoms with Crippen LogP contribution in [0.3, 0.4) is 0 Å². The molecule has 1 N–H and O–H groups in total. The van der Waals surface area contributed by atoms with Crippen molar-refractivity contribution in [2.75, 3.05) is 6.54 Å². The van der Waals surface area contributed by atoms with Crippen LogP contribution in [0.2, 0.25) is 0 Å². The predicted octanol–water partition coefficient (Wildman–Crippen LogP) is 2.43. The van der Waals surface area contributed by atoms with Crippen LogP contribution in [0, 0.1) is 0 Å². The minimum Gasteiger partial charge on any atom is -0.340 e. The highest BCUT2D eigenvalue weighted by atomic mass is 16.2. The molecule has 0 aliphatic carbocycles. The Labute approximate surface area is 125 Å². The van der Waals surface area contributed by atoms with Gasteiger partial charge in [-0.1, -0.05) is 50.3 Å². The summed E-state index contributed by atoms with van der Waals surface area (Å²) in [5.41, 5.74) is 0.0387. The molecular weight excluding hydrogens is 264 g/mol. The third-order valence-electron chi connectivity index (χ3n) is 4.24. The van der Waals surface area contributed by atoms with E-state index in [1.807, 2.05) is 44.2 Å². The van der Waals surface area contributed by atoms with Gasteiger partial charge in [0, 0.05) is 6.54 Å². The van der Waals surface area contributed by atoms with E-state index >= 15 is 0 Å². The van der Waals surface area contributed by atoms with E-state index in [9.17, 15) is 9.59 Å². The Balaban J connectivity index is 2.45. The Morgan fingerprint density at radius 2 is 1.86 bits per heavy atom. The summed E-state index contributed by atoms with van der Waals surface area (Å²) in [6.45, 7) is 7.94. The summed E-state index contributed by atoms with van der Waals surface area (Å²) in [5, 5.41) is 2.95. The molecule has 4 heteroatoms. The fraction of sp³-hybridized carbons (Fsp3) is 0.412. The quantitative estimate of drug-likeness (QED) is 0.845. The van der Waals surface area contributed by atoms with E-state index in [4.69, 9.17) is 0 Å². The van der Waals surface area contributed by atoms with Crippen LogP contribution in [0.4, 0.5) is 0 Å². The van der Waals surface area contributed by atoms with Crippen LogP contribution in [0.15, 0.2) is 43.0 Å². The van der Waals surface area contributed by atoms with E-state index < -0.39 is 11.6 Å². The SMILES string of the molecule is C=CCN1C(=O)C(CC)(CC)NC(=O)C1c1ccccc1. The Morgan fingerprint density at radius 3 is 2.38 bits per heavy atom. The Morgan fingerprint density at radius 1 is 1.24 bits per heavy atom. The molecular formula is C17H22N2O2. The first-order valence-electron chi connectivity index (χ1n) is 7.38. The highest BCUT2D eigenvalue weighted by molar-refractivity contribution is 6.00. The molecule has 21 heavy (non-hydrogen) atoms. The number of hydrogen-bond acceptors (Lipinski definition) is 2. The molecule has 2 amide bonds. The molecule has 1 unspecified atom stereocenters. The van der Waals surface area contributed by atoms with Crippen molar-refractivity contribution >= 4 is 11.8 Å². The topological polar surface area (TPSA) is 49.4 Å². The fourth-order valence-electron chi connectivity index (χ4n) is 2.91. The van der Waals surface area contributed by atoms with Gasteiger partial charge < -0.3 is 10.2 Å². The van der Waals surface area contributed by atoms with E-state index in [0.29, 0.717) is 19.4 Å². The molecule has 1 atom stereocenters. The van der Waals surface area contributed by atoms with Crippen LogP contribution >= 0.6 is 0 Å². The van der Waals surface area contributed by atoms with E-state index in [-0.39, 0.29) is 11.8 Å². The van der Waals surface area contributed by atoms with Crippen molar-refractivity contribution in [2.45, 2.75) is 38.3 Å². The predicted molar refractivity (Wildman–Crippen MR) is 82.5 cm³/mol. The van der Waals surface area contributed by atoms with Gasteiger partial charge in [-0.05, 0) is 18.4 Å². The molecule has 1 aromatic carbocycles. The summed E-state index contributed by atoms with van der Waals surface area (Å²) in [4.78, 5) is 27.1. The van der Waals surface area contributed by atoms with Gasteiger partial charge in [0.2, 0.25) is 11.8 Å². The number of carbonyl (C=O) groups excluding carboxylic acids is 2. The van der Waals surface area contributed by atoms with Gasteiger partial charge in [0.15, 0.2) is 0 Å². The van der Waals surface area contributed by atoms with Gasteiger partial charge in [-0.15, -0.1) is 6.58 Å². The molecule has 112 valence electrons. The zero-order valence-electron chi connectivity index (χ0n) is 12.6. The number of nitrogens with zero attached hydrogens (tertiary/aromatic N) is 1. The Kier molecular flexibility index (Phi) is 4.46. The largest absolute Gasteiger partial charge is 0.340 e. The molecule has 1 fully saturated rings. The number of rotatable bonds is 5. The maximum absolute atomic E-state index is 12.9. The highest BCUT2D eigenvalue weighted by Gasteiger charge is 2.48. The summed E-state index contributed by atoms with van der Waals surface area (Å²) in [5.74, 6) is -0.146. The van der Waals surface area contributed by atoms with Crippen LogP contribution in [0.1, 0.15) is 38.3 Å². The van der Waals surface area contributed by atoms with E-state index in [1.54, 1.807) is 11.0 Å². The zero-order chi connectivity index (χ0) is 15.5. The van der Waals surface area contributed by atoms with Gasteiger partial charge >= 0.3 is 0 Å². The maximum atomic E-state index is 12.9. The molecule has 1 aromatic rings. The molecule has 0 aromatic heterocycles. The van der Waals surface area contributed by atoms with Crippen molar-refractivity contribution in [1.29, 1.82) is 0 Å². The standard InChI is InChI=1S/C17H22N2O2/c1-4-12-19-14(13-10-8-7-9-11-13)15(20)18-17(5-2,6-3)16(19)21/h4,7-11,14H,1,5-6,12H2,2-3H3,(H,18,20). The normalized spacial score (nSPS) is 21.0. The maximum Gasteiger partial charge on any atom is 0.249 e. The molecule has 0 bridgehead atoms. The minimum absolute atomic E-state index is 0.0270. The number of hydrogen-bond donors (Lipinski definition) is 1. The molecule has 1 saturated heterocycles. The number of carbonyl (C=O) groups is 2. The number of nitrogens with one attached hydrogen (secondary N) is 1.